The number of nitrogens with one attached hydrogen (secondary N) is 1. The zero-order valence-electron chi connectivity index (χ0n) is 18.3. The summed E-state index contributed by atoms with van der Waals surface area (Å²) in [4.78, 5) is 13.5. The number of para-hydroxylation sites is 1. The number of fused-ring (bicyclic) bond motifs is 3. The molecule has 1 N–H and O–H groups in total. The Bertz CT molecular complexity index is 1500. The summed E-state index contributed by atoms with van der Waals surface area (Å²) in [5.41, 5.74) is 5.30. The number of hydrogen-bond acceptors (Lipinski definition) is 1. The summed E-state index contributed by atoms with van der Waals surface area (Å²) < 4.78 is 2.29. The smallest absolute Gasteiger partial charge is 0.256 e. The molecule has 4 aromatic carbocycles. The fraction of sp³-hybridized carbons (Fsp3) is 0.0690. The van der Waals surface area contributed by atoms with E-state index in [4.69, 9.17) is 11.6 Å². The van der Waals surface area contributed by atoms with Gasteiger partial charge in [0.2, 0.25) is 0 Å². The van der Waals surface area contributed by atoms with Crippen LogP contribution in [-0.2, 0) is 11.3 Å². The van der Waals surface area contributed by atoms with Crippen LogP contribution < -0.4 is 5.32 Å². The maximum absolute atomic E-state index is 13.5. The number of anilines is 1. The summed E-state index contributed by atoms with van der Waals surface area (Å²) in [7, 11) is 0. The summed E-state index contributed by atoms with van der Waals surface area (Å²) in [6, 6.07) is 31.6. The Balaban J connectivity index is 1.56. The number of amides is 1. The minimum absolute atomic E-state index is 0.181. The van der Waals surface area contributed by atoms with Gasteiger partial charge < -0.3 is 9.88 Å². The van der Waals surface area contributed by atoms with Crippen LogP contribution in [0.3, 0.4) is 0 Å². The molecule has 0 bridgehead atoms. The number of aromatic nitrogens is 1. The third-order valence-electron chi connectivity index (χ3n) is 5.88. The number of hydrogen-bond donors (Lipinski definition) is 1. The van der Waals surface area contributed by atoms with Gasteiger partial charge in [0.15, 0.2) is 0 Å². The van der Waals surface area contributed by atoms with Crippen LogP contribution in [0.15, 0.2) is 97.1 Å². The molecular weight excluding hydrogens is 428 g/mol. The molecule has 162 valence electrons. The monoisotopic (exact) mass is 450 g/mol. The zero-order valence-corrected chi connectivity index (χ0v) is 19.0. The van der Waals surface area contributed by atoms with Crippen LogP contribution in [0, 0.1) is 0 Å². The van der Waals surface area contributed by atoms with Gasteiger partial charge in [0.05, 0.1) is 0 Å². The first-order valence-corrected chi connectivity index (χ1v) is 11.4. The highest BCUT2D eigenvalue weighted by Gasteiger charge is 2.15. The van der Waals surface area contributed by atoms with Crippen molar-refractivity contribution in [2.24, 2.45) is 0 Å². The van der Waals surface area contributed by atoms with Crippen molar-refractivity contribution in [2.75, 3.05) is 5.32 Å². The van der Waals surface area contributed by atoms with Crippen molar-refractivity contribution >= 4 is 56.7 Å². The lowest BCUT2D eigenvalue weighted by atomic mass is 10.0. The molecule has 33 heavy (non-hydrogen) atoms. The molecule has 5 rings (SSSR count). The molecule has 0 fully saturated rings. The second kappa shape index (κ2) is 8.97. The lowest BCUT2D eigenvalue weighted by Crippen LogP contribution is -2.13. The Morgan fingerprint density at radius 1 is 0.848 bits per heavy atom. The number of halogens is 1. The van der Waals surface area contributed by atoms with Crippen molar-refractivity contribution in [1.82, 2.24) is 4.57 Å². The molecule has 0 saturated heterocycles. The molecule has 3 nitrogen and oxygen atoms in total. The van der Waals surface area contributed by atoms with Gasteiger partial charge in [-0.2, -0.15) is 0 Å². The van der Waals surface area contributed by atoms with Gasteiger partial charge in [0, 0.05) is 44.6 Å². The van der Waals surface area contributed by atoms with E-state index in [1.54, 1.807) is 0 Å². The van der Waals surface area contributed by atoms with Gasteiger partial charge in [-0.05, 0) is 54.5 Å². The molecule has 0 saturated carbocycles. The molecule has 5 aromatic rings. The normalized spacial score (nSPS) is 11.8. The fourth-order valence-electron chi connectivity index (χ4n) is 4.32. The van der Waals surface area contributed by atoms with Crippen molar-refractivity contribution in [3.05, 3.63) is 113 Å². The first-order valence-electron chi connectivity index (χ1n) is 11.0. The maximum atomic E-state index is 13.5. The van der Waals surface area contributed by atoms with Crippen molar-refractivity contribution in [3.63, 3.8) is 0 Å². The van der Waals surface area contributed by atoms with E-state index >= 15 is 0 Å². The van der Waals surface area contributed by atoms with Gasteiger partial charge in [0.25, 0.3) is 5.91 Å². The van der Waals surface area contributed by atoms with Crippen LogP contribution in [-0.4, -0.2) is 10.5 Å². The quantitative estimate of drug-likeness (QED) is 0.216. The Labute approximate surface area is 197 Å². The van der Waals surface area contributed by atoms with Gasteiger partial charge in [0.1, 0.15) is 0 Å². The predicted octanol–water partition coefficient (Wildman–Crippen LogP) is 7.65. The number of aryl methyl sites for hydroxylation is 1. The largest absolute Gasteiger partial charge is 0.341 e. The maximum Gasteiger partial charge on any atom is 0.256 e. The summed E-state index contributed by atoms with van der Waals surface area (Å²) >= 11 is 6.38. The number of nitrogens with zero attached hydrogens (tertiary/aromatic N) is 1. The summed E-state index contributed by atoms with van der Waals surface area (Å²) in [5, 5.41) is 6.02. The molecule has 4 heteroatoms. The summed E-state index contributed by atoms with van der Waals surface area (Å²) in [6.45, 7) is 3.03. The highest BCUT2D eigenvalue weighted by Crippen LogP contribution is 2.31. The molecule has 0 spiro atoms. The fourth-order valence-corrected chi connectivity index (χ4v) is 4.51. The van der Waals surface area contributed by atoms with Gasteiger partial charge in [-0.1, -0.05) is 78.3 Å². The zero-order chi connectivity index (χ0) is 22.8. The molecule has 0 aliphatic heterocycles. The number of carbonyl (C=O) groups is 1. The van der Waals surface area contributed by atoms with E-state index in [2.05, 4.69) is 47.1 Å². The van der Waals surface area contributed by atoms with Crippen LogP contribution in [0.2, 0.25) is 5.02 Å². The van der Waals surface area contributed by atoms with E-state index in [1.807, 2.05) is 72.8 Å². The minimum atomic E-state index is -0.181. The Morgan fingerprint density at radius 2 is 1.55 bits per heavy atom. The van der Waals surface area contributed by atoms with Crippen LogP contribution in [0.5, 0.6) is 0 Å². The standard InChI is InChI=1S/C29H23ClN2O/c1-2-32-27-15-9-7-13-23(27)25-19-22(16-17-28(25)32)31-29(33)24(20-10-4-3-5-11-20)18-21-12-6-8-14-26(21)30/h3-19H,2H2,1H3,(H,31,33)/b24-18+. The van der Waals surface area contributed by atoms with Crippen molar-refractivity contribution in [1.29, 1.82) is 0 Å². The number of carbonyl (C=O) groups excluding carboxylic acids is 1. The predicted molar refractivity (Wildman–Crippen MR) is 140 cm³/mol. The van der Waals surface area contributed by atoms with Gasteiger partial charge >= 0.3 is 0 Å². The second-order valence-electron chi connectivity index (χ2n) is 7.89. The average Bonchev–Trinajstić information content (AvgIpc) is 3.17. The van der Waals surface area contributed by atoms with Crippen molar-refractivity contribution in [2.45, 2.75) is 13.5 Å². The Morgan fingerprint density at radius 3 is 2.33 bits per heavy atom. The van der Waals surface area contributed by atoms with Crippen LogP contribution >= 0.6 is 11.6 Å². The van der Waals surface area contributed by atoms with E-state index in [0.29, 0.717) is 10.6 Å². The third-order valence-corrected chi connectivity index (χ3v) is 6.23. The van der Waals surface area contributed by atoms with Crippen molar-refractivity contribution < 1.29 is 4.79 Å². The lowest BCUT2D eigenvalue weighted by Gasteiger charge is -2.11. The van der Waals surface area contributed by atoms with Gasteiger partial charge in [-0.15, -0.1) is 0 Å². The first-order chi connectivity index (χ1) is 16.2. The number of benzene rings is 4. The third kappa shape index (κ3) is 4.04. The van der Waals surface area contributed by atoms with E-state index in [9.17, 15) is 4.79 Å². The van der Waals surface area contributed by atoms with E-state index in [-0.39, 0.29) is 5.91 Å². The molecular formula is C29H23ClN2O. The van der Waals surface area contributed by atoms with E-state index in [1.165, 1.54) is 10.9 Å². The first kappa shape index (κ1) is 21.0. The van der Waals surface area contributed by atoms with Crippen LogP contribution in [0.4, 0.5) is 5.69 Å². The lowest BCUT2D eigenvalue weighted by molar-refractivity contribution is -0.111. The topological polar surface area (TPSA) is 34.0 Å². The van der Waals surface area contributed by atoms with Crippen LogP contribution in [0.25, 0.3) is 33.5 Å². The Kier molecular flexibility index (Phi) is 5.72. The van der Waals surface area contributed by atoms with E-state index < -0.39 is 0 Å². The second-order valence-corrected chi connectivity index (χ2v) is 8.30. The highest BCUT2D eigenvalue weighted by atomic mass is 35.5. The summed E-state index contributed by atoms with van der Waals surface area (Å²) in [6.07, 6.45) is 1.84. The van der Waals surface area contributed by atoms with Crippen molar-refractivity contribution in [3.8, 4) is 0 Å². The van der Waals surface area contributed by atoms with Gasteiger partial charge in [-0.3, -0.25) is 4.79 Å². The molecule has 0 radical (unpaired) electrons. The van der Waals surface area contributed by atoms with E-state index in [0.717, 1.165) is 34.3 Å². The Hall–Kier alpha value is -3.82. The molecule has 1 heterocycles. The molecule has 1 amide bonds. The SMILES string of the molecule is CCn1c2ccccc2c2cc(NC(=O)/C(=C/c3ccccc3Cl)c3ccccc3)ccc21. The molecule has 0 atom stereocenters. The molecule has 0 aliphatic rings. The number of rotatable bonds is 5. The average molecular weight is 451 g/mol. The molecule has 0 aliphatic carbocycles. The molecule has 0 unspecified atom stereocenters. The van der Waals surface area contributed by atoms with Crippen LogP contribution in [0.1, 0.15) is 18.1 Å². The highest BCUT2D eigenvalue weighted by molar-refractivity contribution is 6.34. The minimum Gasteiger partial charge on any atom is -0.341 e. The summed E-state index contributed by atoms with van der Waals surface area (Å²) in [5.74, 6) is -0.181. The molecule has 1 aromatic heterocycles. The van der Waals surface area contributed by atoms with Gasteiger partial charge in [-0.25, -0.2) is 0 Å².